The first kappa shape index (κ1) is 16.9. The van der Waals surface area contributed by atoms with E-state index in [0.717, 1.165) is 22.7 Å². The number of hydrogen-bond donors (Lipinski definition) is 2. The molecule has 0 radical (unpaired) electrons. The summed E-state index contributed by atoms with van der Waals surface area (Å²) in [6.07, 6.45) is 1.02. The predicted octanol–water partition coefficient (Wildman–Crippen LogP) is 2.89. The van der Waals surface area contributed by atoms with Gasteiger partial charge in [-0.15, -0.1) is 11.3 Å². The lowest BCUT2D eigenvalue weighted by molar-refractivity contribution is -0.122. The number of amides is 1. The van der Waals surface area contributed by atoms with Crippen LogP contribution >= 0.6 is 22.9 Å². The zero-order valence-electron chi connectivity index (χ0n) is 12.7. The summed E-state index contributed by atoms with van der Waals surface area (Å²) in [6, 6.07) is 7.51. The summed E-state index contributed by atoms with van der Waals surface area (Å²) in [5.41, 5.74) is 6.77. The summed E-state index contributed by atoms with van der Waals surface area (Å²) in [5.74, 6) is -0.0606. The summed E-state index contributed by atoms with van der Waals surface area (Å²) in [6.45, 7) is 4.48. The molecule has 3 N–H and O–H groups in total. The lowest BCUT2D eigenvalue weighted by Gasteiger charge is -2.27. The summed E-state index contributed by atoms with van der Waals surface area (Å²) in [4.78, 5) is 16.7. The van der Waals surface area contributed by atoms with Crippen molar-refractivity contribution in [2.45, 2.75) is 32.2 Å². The number of nitrogens with two attached hydrogens (primary N) is 1. The van der Waals surface area contributed by atoms with Gasteiger partial charge in [0.05, 0.1) is 22.7 Å². The Morgan fingerprint density at radius 3 is 2.91 bits per heavy atom. The number of aromatic nitrogens is 1. The fourth-order valence-electron chi connectivity index (χ4n) is 2.18. The first-order valence-corrected chi connectivity index (χ1v) is 8.37. The molecular formula is C16H20ClN3OS. The zero-order chi connectivity index (χ0) is 16.2. The highest BCUT2D eigenvalue weighted by Crippen LogP contribution is 2.23. The van der Waals surface area contributed by atoms with Crippen molar-refractivity contribution in [3.8, 4) is 0 Å². The minimum Gasteiger partial charge on any atom is -0.347 e. The van der Waals surface area contributed by atoms with Gasteiger partial charge in [-0.1, -0.05) is 23.7 Å². The molecule has 0 aliphatic rings. The van der Waals surface area contributed by atoms with E-state index in [0.29, 0.717) is 11.6 Å². The standard InChI is InChI=1S/C16H20ClN3OS/c1-16(2,11-4-3-5-12(17)8-11)20-14(21)9-13-10-22-15(19-13)6-7-18/h3-5,8,10H,6-7,9,18H2,1-2H3,(H,20,21). The Morgan fingerprint density at radius 1 is 1.45 bits per heavy atom. The van der Waals surface area contributed by atoms with Gasteiger partial charge in [-0.05, 0) is 38.1 Å². The molecule has 0 saturated carbocycles. The highest BCUT2D eigenvalue weighted by atomic mass is 35.5. The summed E-state index contributed by atoms with van der Waals surface area (Å²) in [5, 5.41) is 6.58. The first-order chi connectivity index (χ1) is 10.4. The number of thiazole rings is 1. The Balaban J connectivity index is 2.00. The largest absolute Gasteiger partial charge is 0.347 e. The molecule has 0 bridgehead atoms. The van der Waals surface area contributed by atoms with E-state index in [1.165, 1.54) is 0 Å². The molecule has 2 aromatic rings. The van der Waals surface area contributed by atoms with Crippen molar-refractivity contribution in [1.29, 1.82) is 0 Å². The monoisotopic (exact) mass is 337 g/mol. The number of nitrogens with one attached hydrogen (secondary N) is 1. The van der Waals surface area contributed by atoms with Gasteiger partial charge in [-0.25, -0.2) is 4.98 Å². The quantitative estimate of drug-likeness (QED) is 0.851. The Bertz CT molecular complexity index is 654. The van der Waals surface area contributed by atoms with E-state index in [4.69, 9.17) is 17.3 Å². The molecule has 0 spiro atoms. The lowest BCUT2D eigenvalue weighted by Crippen LogP contribution is -2.41. The van der Waals surface area contributed by atoms with Gasteiger partial charge in [-0.2, -0.15) is 0 Å². The fraction of sp³-hybridized carbons (Fsp3) is 0.375. The molecule has 0 unspecified atom stereocenters. The summed E-state index contributed by atoms with van der Waals surface area (Å²) < 4.78 is 0. The van der Waals surface area contributed by atoms with E-state index < -0.39 is 5.54 Å². The maximum atomic E-state index is 12.2. The maximum absolute atomic E-state index is 12.2. The number of carbonyl (C=O) groups is 1. The van der Waals surface area contributed by atoms with Crippen LogP contribution in [0.15, 0.2) is 29.6 Å². The van der Waals surface area contributed by atoms with Crippen molar-refractivity contribution in [2.75, 3.05) is 6.54 Å². The van der Waals surface area contributed by atoms with Crippen molar-refractivity contribution in [3.63, 3.8) is 0 Å². The summed E-state index contributed by atoms with van der Waals surface area (Å²) in [7, 11) is 0. The Hall–Kier alpha value is -1.43. The van der Waals surface area contributed by atoms with Crippen molar-refractivity contribution in [3.05, 3.63) is 50.9 Å². The molecule has 1 heterocycles. The first-order valence-electron chi connectivity index (χ1n) is 7.11. The van der Waals surface area contributed by atoms with E-state index in [1.807, 2.05) is 43.5 Å². The molecule has 1 aromatic heterocycles. The van der Waals surface area contributed by atoms with E-state index in [2.05, 4.69) is 10.3 Å². The second-order valence-corrected chi connectivity index (χ2v) is 7.01. The number of benzene rings is 1. The van der Waals surface area contributed by atoms with Gasteiger partial charge in [0.1, 0.15) is 0 Å². The Morgan fingerprint density at radius 2 is 2.23 bits per heavy atom. The number of nitrogens with zero attached hydrogens (tertiary/aromatic N) is 1. The molecule has 0 fully saturated rings. The van der Waals surface area contributed by atoms with Crippen molar-refractivity contribution >= 4 is 28.8 Å². The predicted molar refractivity (Wildman–Crippen MR) is 91.2 cm³/mol. The van der Waals surface area contributed by atoms with Crippen molar-refractivity contribution in [1.82, 2.24) is 10.3 Å². The van der Waals surface area contributed by atoms with Crippen LogP contribution < -0.4 is 11.1 Å². The van der Waals surface area contributed by atoms with Gasteiger partial charge >= 0.3 is 0 Å². The van der Waals surface area contributed by atoms with Gasteiger partial charge in [0, 0.05) is 16.8 Å². The van der Waals surface area contributed by atoms with E-state index in [1.54, 1.807) is 11.3 Å². The Kier molecular flexibility index (Phi) is 5.56. The average molecular weight is 338 g/mol. The minimum atomic E-state index is -0.488. The number of hydrogen-bond acceptors (Lipinski definition) is 4. The third-order valence-electron chi connectivity index (χ3n) is 3.30. The molecule has 1 aromatic carbocycles. The molecule has 22 heavy (non-hydrogen) atoms. The van der Waals surface area contributed by atoms with E-state index in [9.17, 15) is 4.79 Å². The van der Waals surface area contributed by atoms with Crippen molar-refractivity contribution < 1.29 is 4.79 Å². The van der Waals surface area contributed by atoms with Gasteiger partial charge in [0.15, 0.2) is 0 Å². The van der Waals surface area contributed by atoms with Crippen LogP contribution in [0.2, 0.25) is 5.02 Å². The fourth-order valence-corrected chi connectivity index (χ4v) is 3.18. The van der Waals surface area contributed by atoms with Crippen LogP contribution in [0.1, 0.15) is 30.1 Å². The second-order valence-electron chi connectivity index (χ2n) is 5.63. The van der Waals surface area contributed by atoms with Crippen LogP contribution in [0.5, 0.6) is 0 Å². The molecule has 0 aliphatic carbocycles. The molecule has 6 heteroatoms. The van der Waals surface area contributed by atoms with Crippen LogP contribution in [0, 0.1) is 0 Å². The molecule has 0 atom stereocenters. The van der Waals surface area contributed by atoms with Crippen molar-refractivity contribution in [2.24, 2.45) is 5.73 Å². The number of carbonyl (C=O) groups excluding carboxylic acids is 1. The smallest absolute Gasteiger partial charge is 0.226 e. The molecule has 0 saturated heterocycles. The zero-order valence-corrected chi connectivity index (χ0v) is 14.3. The lowest BCUT2D eigenvalue weighted by atomic mass is 9.94. The average Bonchev–Trinajstić information content (AvgIpc) is 2.85. The molecule has 2 rings (SSSR count). The second kappa shape index (κ2) is 7.22. The maximum Gasteiger partial charge on any atom is 0.226 e. The van der Waals surface area contributed by atoms with Crippen LogP contribution in [-0.4, -0.2) is 17.4 Å². The van der Waals surface area contributed by atoms with E-state index >= 15 is 0 Å². The number of rotatable bonds is 6. The molecule has 1 amide bonds. The topological polar surface area (TPSA) is 68.0 Å². The van der Waals surface area contributed by atoms with Gasteiger partial charge in [0.2, 0.25) is 5.91 Å². The van der Waals surface area contributed by atoms with Gasteiger partial charge < -0.3 is 11.1 Å². The van der Waals surface area contributed by atoms with Crippen LogP contribution in [-0.2, 0) is 23.2 Å². The van der Waals surface area contributed by atoms with Gasteiger partial charge in [-0.3, -0.25) is 4.79 Å². The highest BCUT2D eigenvalue weighted by Gasteiger charge is 2.23. The van der Waals surface area contributed by atoms with E-state index in [-0.39, 0.29) is 12.3 Å². The van der Waals surface area contributed by atoms with Gasteiger partial charge in [0.25, 0.3) is 0 Å². The van der Waals surface area contributed by atoms with Crippen LogP contribution in [0.3, 0.4) is 0 Å². The number of halogens is 1. The third-order valence-corrected chi connectivity index (χ3v) is 4.49. The van der Waals surface area contributed by atoms with Crippen LogP contribution in [0.4, 0.5) is 0 Å². The molecule has 4 nitrogen and oxygen atoms in total. The third kappa shape index (κ3) is 4.53. The molecule has 118 valence electrons. The highest BCUT2D eigenvalue weighted by molar-refractivity contribution is 7.09. The summed E-state index contributed by atoms with van der Waals surface area (Å²) >= 11 is 7.56. The minimum absolute atomic E-state index is 0.0606. The molecule has 0 aliphatic heterocycles. The Labute approximate surface area is 139 Å². The SMILES string of the molecule is CC(C)(NC(=O)Cc1csc(CCN)n1)c1cccc(Cl)c1. The van der Waals surface area contributed by atoms with Crippen LogP contribution in [0.25, 0.3) is 0 Å². The normalized spacial score (nSPS) is 11.5. The molecular weight excluding hydrogens is 318 g/mol.